The summed E-state index contributed by atoms with van der Waals surface area (Å²) >= 11 is 0. The molecule has 0 saturated carbocycles. The molecule has 0 aliphatic heterocycles. The minimum atomic E-state index is -4.97. The van der Waals surface area contributed by atoms with Gasteiger partial charge in [-0.3, -0.25) is 37.3 Å². The highest BCUT2D eigenvalue weighted by Gasteiger charge is 2.31. The highest BCUT2D eigenvalue weighted by molar-refractivity contribution is 7.47. The molecule has 19 heteroatoms. The number of ether oxygens (including phenoxy) is 4. The number of hydrogen-bond acceptors (Lipinski definition) is 15. The van der Waals surface area contributed by atoms with E-state index in [9.17, 15) is 43.2 Å². The zero-order valence-electron chi connectivity index (χ0n) is 71.7. The summed E-state index contributed by atoms with van der Waals surface area (Å²) in [7, 11) is -9.93. The van der Waals surface area contributed by atoms with E-state index in [2.05, 4.69) is 34.6 Å². The Bertz CT molecular complexity index is 2070. The maximum Gasteiger partial charge on any atom is 0.472 e. The van der Waals surface area contributed by atoms with E-state index in [4.69, 9.17) is 37.0 Å². The smallest absolute Gasteiger partial charge is 0.462 e. The molecule has 0 aliphatic rings. The number of phosphoric acid groups is 2. The van der Waals surface area contributed by atoms with Gasteiger partial charge in [0.25, 0.3) is 0 Å². The highest BCUT2D eigenvalue weighted by Crippen LogP contribution is 2.45. The molecule has 0 fully saturated rings. The predicted octanol–water partition coefficient (Wildman–Crippen LogP) is 27.9. The van der Waals surface area contributed by atoms with Gasteiger partial charge >= 0.3 is 39.5 Å². The third-order valence-corrected chi connectivity index (χ3v) is 23.2. The Labute approximate surface area is 670 Å². The normalized spacial score (nSPS) is 13.7. The van der Waals surface area contributed by atoms with Crippen LogP contribution in [0, 0.1) is 5.92 Å². The molecular formula is C90H176O17P2. The molecule has 17 nitrogen and oxygen atoms in total. The van der Waals surface area contributed by atoms with E-state index in [1.165, 1.54) is 308 Å². The van der Waals surface area contributed by atoms with Crippen molar-refractivity contribution in [1.82, 2.24) is 0 Å². The third-order valence-electron chi connectivity index (χ3n) is 21.3. The van der Waals surface area contributed by atoms with Crippen LogP contribution in [0.2, 0.25) is 0 Å². The van der Waals surface area contributed by atoms with Gasteiger partial charge in [0.2, 0.25) is 0 Å². The standard InChI is InChI=1S/C90H176O17P2/c1-6-9-12-15-18-21-24-27-30-33-36-37-40-43-46-49-52-55-60-66-70-75-89(94)106-85(79-100-87(92)73-68-63-58-53-50-47-44-41-38-34-31-28-25-22-19-16-13-10-7-2)81-104-108(96,97)102-77-84(91)78-103-109(98,99)105-82-86(80-101-88(93)74-69-64-61-56-57-62-67-72-83(4)5)107-90(95)76-71-65-59-54-51-48-45-42-39-35-32-29-26-23-20-17-14-11-8-3/h83-86,91H,6-82H2,1-5H3,(H,96,97)(H,98,99)/t84-,85-,86-/m1/s1. The second-order valence-corrected chi connectivity index (χ2v) is 35.7. The van der Waals surface area contributed by atoms with Crippen LogP contribution in [0.4, 0.5) is 0 Å². The van der Waals surface area contributed by atoms with Crippen molar-refractivity contribution in [3.8, 4) is 0 Å². The summed E-state index contributed by atoms with van der Waals surface area (Å²) in [5.74, 6) is -1.39. The van der Waals surface area contributed by atoms with E-state index in [0.29, 0.717) is 31.6 Å². The average molecular weight is 1590 g/mol. The molecule has 5 atom stereocenters. The molecule has 3 N–H and O–H groups in total. The van der Waals surface area contributed by atoms with Crippen LogP contribution in [0.15, 0.2) is 0 Å². The molecule has 0 aromatic carbocycles. The van der Waals surface area contributed by atoms with Crippen molar-refractivity contribution in [3.05, 3.63) is 0 Å². The Morgan fingerprint density at radius 1 is 0.248 bits per heavy atom. The van der Waals surface area contributed by atoms with Crippen LogP contribution >= 0.6 is 15.6 Å². The van der Waals surface area contributed by atoms with E-state index >= 15 is 0 Å². The monoisotopic (exact) mass is 1590 g/mol. The van der Waals surface area contributed by atoms with Crippen molar-refractivity contribution >= 4 is 39.5 Å². The molecule has 0 spiro atoms. The van der Waals surface area contributed by atoms with Crippen LogP contribution in [0.1, 0.15) is 490 Å². The van der Waals surface area contributed by atoms with Crippen LogP contribution in [0.25, 0.3) is 0 Å². The predicted molar refractivity (Wildman–Crippen MR) is 451 cm³/mol. The van der Waals surface area contributed by atoms with Crippen LogP contribution in [0.5, 0.6) is 0 Å². The average Bonchev–Trinajstić information content (AvgIpc) is 0.899. The Morgan fingerprint density at radius 3 is 0.624 bits per heavy atom. The molecule has 648 valence electrons. The van der Waals surface area contributed by atoms with E-state index in [-0.39, 0.29) is 25.7 Å². The largest absolute Gasteiger partial charge is 0.472 e. The van der Waals surface area contributed by atoms with Crippen molar-refractivity contribution in [2.45, 2.75) is 509 Å². The van der Waals surface area contributed by atoms with Gasteiger partial charge in [0.15, 0.2) is 12.2 Å². The number of carbonyl (C=O) groups is 4. The minimum absolute atomic E-state index is 0.108. The quantitative estimate of drug-likeness (QED) is 0.0222. The van der Waals surface area contributed by atoms with Gasteiger partial charge in [-0.2, -0.15) is 0 Å². The summed E-state index contributed by atoms with van der Waals surface area (Å²) in [5.41, 5.74) is 0. The van der Waals surface area contributed by atoms with Crippen LogP contribution in [-0.2, 0) is 65.4 Å². The number of rotatable bonds is 90. The lowest BCUT2D eigenvalue weighted by Crippen LogP contribution is -2.30. The SMILES string of the molecule is CCCCCCCCCCCCCCCCCCCCCCCC(=O)O[C@H](COC(=O)CCCCCCCCCCCCCCCCCCCCC)COP(=O)(O)OC[C@@H](O)COP(=O)(O)OC[C@@H](COC(=O)CCCCCCCCCC(C)C)OC(=O)CCCCCCCCCCCCCCCCCCCCC. The fourth-order valence-electron chi connectivity index (χ4n) is 14.2. The lowest BCUT2D eigenvalue weighted by molar-refractivity contribution is -0.161. The molecular weight excluding hydrogens is 1410 g/mol. The highest BCUT2D eigenvalue weighted by atomic mass is 31.2. The number of phosphoric ester groups is 2. The van der Waals surface area contributed by atoms with E-state index in [1.54, 1.807) is 0 Å². The van der Waals surface area contributed by atoms with Gasteiger partial charge in [-0.1, -0.05) is 439 Å². The summed E-state index contributed by atoms with van der Waals surface area (Å²) in [6.45, 7) is 7.33. The maximum absolute atomic E-state index is 13.2. The van der Waals surface area contributed by atoms with E-state index < -0.39 is 97.5 Å². The lowest BCUT2D eigenvalue weighted by Gasteiger charge is -2.21. The van der Waals surface area contributed by atoms with Gasteiger partial charge in [0.05, 0.1) is 26.4 Å². The molecule has 0 bridgehead atoms. The second kappa shape index (κ2) is 82.6. The first kappa shape index (κ1) is 107. The summed E-state index contributed by atoms with van der Waals surface area (Å²) < 4.78 is 69.0. The topological polar surface area (TPSA) is 237 Å². The fourth-order valence-corrected chi connectivity index (χ4v) is 15.8. The molecule has 0 aromatic heterocycles. The van der Waals surface area contributed by atoms with Crippen molar-refractivity contribution in [3.63, 3.8) is 0 Å². The van der Waals surface area contributed by atoms with E-state index in [0.717, 1.165) is 96.3 Å². The first-order valence-corrected chi connectivity index (χ1v) is 49.6. The van der Waals surface area contributed by atoms with Crippen molar-refractivity contribution in [2.75, 3.05) is 39.6 Å². The number of aliphatic hydroxyl groups excluding tert-OH is 1. The summed E-state index contributed by atoms with van der Waals surface area (Å²) in [6, 6.07) is 0. The summed E-state index contributed by atoms with van der Waals surface area (Å²) in [6.07, 6.45) is 78.1. The Balaban J connectivity index is 5.21. The molecule has 0 heterocycles. The Kier molecular flexibility index (Phi) is 81.1. The van der Waals surface area contributed by atoms with Crippen LogP contribution < -0.4 is 0 Å². The Hall–Kier alpha value is -1.94. The summed E-state index contributed by atoms with van der Waals surface area (Å²) in [5, 5.41) is 10.7. The van der Waals surface area contributed by atoms with Crippen molar-refractivity contribution in [1.29, 1.82) is 0 Å². The number of esters is 4. The number of carbonyl (C=O) groups excluding carboxylic acids is 4. The van der Waals surface area contributed by atoms with Gasteiger partial charge in [-0.25, -0.2) is 9.13 Å². The van der Waals surface area contributed by atoms with E-state index in [1.807, 2.05) is 0 Å². The van der Waals surface area contributed by atoms with Gasteiger partial charge in [0.1, 0.15) is 19.3 Å². The van der Waals surface area contributed by atoms with Gasteiger partial charge < -0.3 is 33.8 Å². The molecule has 109 heavy (non-hydrogen) atoms. The number of hydrogen-bond donors (Lipinski definition) is 3. The van der Waals surface area contributed by atoms with Crippen molar-refractivity contribution < 1.29 is 80.2 Å². The lowest BCUT2D eigenvalue weighted by atomic mass is 10.0. The zero-order valence-corrected chi connectivity index (χ0v) is 73.5. The van der Waals surface area contributed by atoms with Gasteiger partial charge in [-0.15, -0.1) is 0 Å². The molecule has 0 rings (SSSR count). The molecule has 0 saturated heterocycles. The minimum Gasteiger partial charge on any atom is -0.462 e. The molecule has 0 amide bonds. The molecule has 2 unspecified atom stereocenters. The number of unbranched alkanes of at least 4 members (excludes halogenated alkanes) is 62. The first-order chi connectivity index (χ1) is 53.0. The van der Waals surface area contributed by atoms with Crippen LogP contribution in [-0.4, -0.2) is 96.7 Å². The number of aliphatic hydroxyl groups is 1. The summed E-state index contributed by atoms with van der Waals surface area (Å²) in [4.78, 5) is 73.3. The zero-order chi connectivity index (χ0) is 79.7. The third kappa shape index (κ3) is 83.8. The fraction of sp³-hybridized carbons (Fsp3) is 0.956. The van der Waals surface area contributed by atoms with Gasteiger partial charge in [0, 0.05) is 25.7 Å². The van der Waals surface area contributed by atoms with Gasteiger partial charge in [-0.05, 0) is 31.6 Å². The molecule has 0 aliphatic carbocycles. The second-order valence-electron chi connectivity index (χ2n) is 32.8. The first-order valence-electron chi connectivity index (χ1n) is 46.6. The van der Waals surface area contributed by atoms with Crippen molar-refractivity contribution in [2.24, 2.45) is 5.92 Å². The molecule has 0 radical (unpaired) electrons. The molecule has 0 aromatic rings. The maximum atomic E-state index is 13.2. The van der Waals surface area contributed by atoms with Crippen LogP contribution in [0.3, 0.4) is 0 Å². The Morgan fingerprint density at radius 2 is 0.422 bits per heavy atom.